The van der Waals surface area contributed by atoms with Gasteiger partial charge in [-0.15, -0.1) is 0 Å². The van der Waals surface area contributed by atoms with Gasteiger partial charge >= 0.3 is 0 Å². The molecule has 7 heteroatoms. The van der Waals surface area contributed by atoms with E-state index in [1.165, 1.54) is 6.92 Å². The summed E-state index contributed by atoms with van der Waals surface area (Å²) in [5.74, 6) is 0.454. The van der Waals surface area contributed by atoms with E-state index in [9.17, 15) is 9.59 Å². The van der Waals surface area contributed by atoms with Crippen molar-refractivity contribution in [2.75, 3.05) is 17.7 Å². The second-order valence-electron chi connectivity index (χ2n) is 7.11. The summed E-state index contributed by atoms with van der Waals surface area (Å²) < 4.78 is 17.1. The van der Waals surface area contributed by atoms with Crippen LogP contribution in [0.15, 0.2) is 65.1 Å². The van der Waals surface area contributed by atoms with Crippen LogP contribution < -0.4 is 20.1 Å². The first-order chi connectivity index (χ1) is 14.9. The second kappa shape index (κ2) is 8.39. The molecule has 2 amide bonds. The fourth-order valence-corrected chi connectivity index (χ4v) is 3.36. The maximum absolute atomic E-state index is 12.8. The lowest BCUT2D eigenvalue weighted by molar-refractivity contribution is -0.122. The lowest BCUT2D eigenvalue weighted by Crippen LogP contribution is -2.30. The van der Waals surface area contributed by atoms with Crippen molar-refractivity contribution in [2.24, 2.45) is 0 Å². The normalized spacial score (nSPS) is 11.8. The minimum Gasteiger partial charge on any atom is -0.495 e. The number of anilines is 2. The molecule has 7 nitrogen and oxygen atoms in total. The van der Waals surface area contributed by atoms with Crippen molar-refractivity contribution < 1.29 is 23.5 Å². The molecule has 1 atom stereocenters. The number of fused-ring (bicyclic) bond motifs is 3. The highest BCUT2D eigenvalue weighted by Crippen LogP contribution is 2.36. The van der Waals surface area contributed by atoms with Gasteiger partial charge in [-0.2, -0.15) is 0 Å². The summed E-state index contributed by atoms with van der Waals surface area (Å²) in [5.41, 5.74) is 2.49. The third kappa shape index (κ3) is 4.30. The molecule has 158 valence electrons. The van der Waals surface area contributed by atoms with Gasteiger partial charge in [0.2, 0.25) is 5.91 Å². The Bertz CT molecular complexity index is 1280. The summed E-state index contributed by atoms with van der Waals surface area (Å²) in [6.07, 6.45) is -0.788. The average Bonchev–Trinajstić information content (AvgIpc) is 3.10. The zero-order valence-electron chi connectivity index (χ0n) is 17.4. The van der Waals surface area contributed by atoms with Crippen molar-refractivity contribution in [1.82, 2.24) is 0 Å². The van der Waals surface area contributed by atoms with Crippen LogP contribution in [0.1, 0.15) is 13.8 Å². The van der Waals surface area contributed by atoms with Gasteiger partial charge in [0.15, 0.2) is 6.10 Å². The number of carbonyl (C=O) groups is 2. The average molecular weight is 418 g/mol. The van der Waals surface area contributed by atoms with Crippen LogP contribution in [-0.4, -0.2) is 25.0 Å². The van der Waals surface area contributed by atoms with Crippen LogP contribution in [0.4, 0.5) is 11.4 Å². The van der Waals surface area contributed by atoms with Crippen LogP contribution in [0.5, 0.6) is 11.5 Å². The van der Waals surface area contributed by atoms with Crippen LogP contribution in [0.3, 0.4) is 0 Å². The Kier molecular flexibility index (Phi) is 5.49. The number of hydrogen-bond donors (Lipinski definition) is 2. The summed E-state index contributed by atoms with van der Waals surface area (Å²) in [4.78, 5) is 24.0. The van der Waals surface area contributed by atoms with E-state index in [2.05, 4.69) is 10.6 Å². The maximum atomic E-state index is 12.8. The minimum absolute atomic E-state index is 0.184. The van der Waals surface area contributed by atoms with E-state index in [0.29, 0.717) is 28.5 Å². The van der Waals surface area contributed by atoms with Gasteiger partial charge in [0.25, 0.3) is 5.91 Å². The standard InChI is InChI=1S/C24H22N2O5/c1-14(30-17-8-6-7-16(11-17)25-15(2)27)24(28)26-20-13-22-19(12-23(20)29-3)18-9-4-5-10-21(18)31-22/h4-14H,1-3H3,(H,25,27)(H,26,28)/t14-/m0/s1. The lowest BCUT2D eigenvalue weighted by Gasteiger charge is -2.16. The van der Waals surface area contributed by atoms with Gasteiger partial charge in [0, 0.05) is 35.5 Å². The number of ether oxygens (including phenoxy) is 2. The topological polar surface area (TPSA) is 89.8 Å². The molecule has 0 saturated carbocycles. The summed E-state index contributed by atoms with van der Waals surface area (Å²) in [6, 6.07) is 18.2. The SMILES string of the molecule is COc1cc2c(cc1NC(=O)[C@H](C)Oc1cccc(NC(C)=O)c1)oc1ccccc12. The van der Waals surface area contributed by atoms with Crippen molar-refractivity contribution in [1.29, 1.82) is 0 Å². The molecule has 4 rings (SSSR count). The number of furan rings is 1. The van der Waals surface area contributed by atoms with E-state index in [-0.39, 0.29) is 11.8 Å². The zero-order chi connectivity index (χ0) is 22.0. The Morgan fingerprint density at radius 2 is 1.74 bits per heavy atom. The Labute approximate surface area is 178 Å². The highest BCUT2D eigenvalue weighted by Gasteiger charge is 2.19. The van der Waals surface area contributed by atoms with Crippen molar-refractivity contribution in [3.63, 3.8) is 0 Å². The predicted molar refractivity (Wildman–Crippen MR) is 120 cm³/mol. The van der Waals surface area contributed by atoms with E-state index in [4.69, 9.17) is 13.9 Å². The Morgan fingerprint density at radius 3 is 2.52 bits per heavy atom. The van der Waals surface area contributed by atoms with Gasteiger partial charge in [-0.05, 0) is 31.2 Å². The number of carbonyl (C=O) groups excluding carboxylic acids is 2. The van der Waals surface area contributed by atoms with Crippen molar-refractivity contribution in [3.05, 3.63) is 60.7 Å². The van der Waals surface area contributed by atoms with Gasteiger partial charge in [0.05, 0.1) is 12.8 Å². The van der Waals surface area contributed by atoms with E-state index in [1.807, 2.05) is 30.3 Å². The third-order valence-electron chi connectivity index (χ3n) is 4.79. The molecule has 1 aromatic heterocycles. The molecule has 0 aliphatic carbocycles. The monoisotopic (exact) mass is 418 g/mol. The summed E-state index contributed by atoms with van der Waals surface area (Å²) >= 11 is 0. The molecule has 2 N–H and O–H groups in total. The number of hydrogen-bond acceptors (Lipinski definition) is 5. The molecule has 0 radical (unpaired) electrons. The molecule has 31 heavy (non-hydrogen) atoms. The molecular weight excluding hydrogens is 396 g/mol. The van der Waals surface area contributed by atoms with E-state index in [0.717, 1.165) is 16.4 Å². The van der Waals surface area contributed by atoms with Crippen LogP contribution in [0, 0.1) is 0 Å². The van der Waals surface area contributed by atoms with Crippen LogP contribution >= 0.6 is 0 Å². The van der Waals surface area contributed by atoms with Crippen molar-refractivity contribution in [3.8, 4) is 11.5 Å². The van der Waals surface area contributed by atoms with Gasteiger partial charge in [-0.25, -0.2) is 0 Å². The molecule has 0 aliphatic rings. The van der Waals surface area contributed by atoms with Gasteiger partial charge in [0.1, 0.15) is 22.7 Å². The molecular formula is C24H22N2O5. The summed E-state index contributed by atoms with van der Waals surface area (Å²) in [5, 5.41) is 7.41. The molecule has 0 fully saturated rings. The second-order valence-corrected chi connectivity index (χ2v) is 7.11. The minimum atomic E-state index is -0.788. The Balaban J connectivity index is 1.54. The first-order valence-electron chi connectivity index (χ1n) is 9.79. The van der Waals surface area contributed by atoms with Crippen LogP contribution in [0.2, 0.25) is 0 Å². The highest BCUT2D eigenvalue weighted by molar-refractivity contribution is 6.08. The Morgan fingerprint density at radius 1 is 0.935 bits per heavy atom. The molecule has 0 spiro atoms. The van der Waals surface area contributed by atoms with Gasteiger partial charge in [-0.1, -0.05) is 24.3 Å². The highest BCUT2D eigenvalue weighted by atomic mass is 16.5. The van der Waals surface area contributed by atoms with Gasteiger partial charge in [-0.3, -0.25) is 9.59 Å². The van der Waals surface area contributed by atoms with Gasteiger partial charge < -0.3 is 24.5 Å². The maximum Gasteiger partial charge on any atom is 0.265 e. The van der Waals surface area contributed by atoms with E-state index < -0.39 is 6.10 Å². The van der Waals surface area contributed by atoms with Crippen LogP contribution in [0.25, 0.3) is 21.9 Å². The summed E-state index contributed by atoms with van der Waals surface area (Å²) in [7, 11) is 1.55. The zero-order valence-corrected chi connectivity index (χ0v) is 17.4. The first-order valence-corrected chi connectivity index (χ1v) is 9.79. The Hall–Kier alpha value is -4.00. The molecule has 3 aromatic carbocycles. The number of amides is 2. The van der Waals surface area contributed by atoms with Crippen LogP contribution in [-0.2, 0) is 9.59 Å². The number of rotatable bonds is 6. The molecule has 0 saturated heterocycles. The van der Waals surface area contributed by atoms with Crippen molar-refractivity contribution >= 4 is 45.1 Å². The predicted octanol–water partition coefficient (Wildman–Crippen LogP) is 4.96. The molecule has 0 bridgehead atoms. The fourth-order valence-electron chi connectivity index (χ4n) is 3.36. The first kappa shape index (κ1) is 20.3. The smallest absolute Gasteiger partial charge is 0.265 e. The molecule has 0 aliphatic heterocycles. The molecule has 4 aromatic rings. The number of nitrogens with one attached hydrogen (secondary N) is 2. The summed E-state index contributed by atoms with van der Waals surface area (Å²) in [6.45, 7) is 3.07. The number of benzene rings is 3. The largest absolute Gasteiger partial charge is 0.495 e. The molecule has 1 heterocycles. The quantitative estimate of drug-likeness (QED) is 0.462. The third-order valence-corrected chi connectivity index (χ3v) is 4.79. The fraction of sp³-hybridized carbons (Fsp3) is 0.167. The molecule has 0 unspecified atom stereocenters. The number of methoxy groups -OCH3 is 1. The van der Waals surface area contributed by atoms with Crippen molar-refractivity contribution in [2.45, 2.75) is 20.0 Å². The lowest BCUT2D eigenvalue weighted by atomic mass is 10.1. The van der Waals surface area contributed by atoms with E-state index >= 15 is 0 Å². The number of para-hydroxylation sites is 1. The van der Waals surface area contributed by atoms with E-state index in [1.54, 1.807) is 44.4 Å².